The number of nitrogens with zero attached hydrogens (tertiary/aromatic N) is 6. The first-order valence-electron chi connectivity index (χ1n) is 7.93. The van der Waals surface area contributed by atoms with Crippen molar-refractivity contribution in [1.29, 1.82) is 0 Å². The summed E-state index contributed by atoms with van der Waals surface area (Å²) in [5, 5.41) is 8.05. The van der Waals surface area contributed by atoms with E-state index < -0.39 is 0 Å². The SMILES string of the molecule is Cc1nc(CN2CCN(c3noc(-c4ccccc4)n3)CC2)no1. The van der Waals surface area contributed by atoms with Gasteiger partial charge >= 0.3 is 0 Å². The molecule has 2 aromatic heterocycles. The Morgan fingerprint density at radius 3 is 2.46 bits per heavy atom. The Balaban J connectivity index is 1.37. The van der Waals surface area contributed by atoms with Gasteiger partial charge in [0.2, 0.25) is 5.89 Å². The summed E-state index contributed by atoms with van der Waals surface area (Å²) in [6, 6.07) is 9.80. The van der Waals surface area contributed by atoms with Crippen LogP contribution in [0.2, 0.25) is 0 Å². The smallest absolute Gasteiger partial charge is 0.266 e. The summed E-state index contributed by atoms with van der Waals surface area (Å²) >= 11 is 0. The van der Waals surface area contributed by atoms with Crippen molar-refractivity contribution in [3.63, 3.8) is 0 Å². The zero-order valence-electron chi connectivity index (χ0n) is 13.4. The maximum Gasteiger partial charge on any atom is 0.266 e. The second-order valence-electron chi connectivity index (χ2n) is 5.76. The maximum atomic E-state index is 5.38. The first kappa shape index (κ1) is 14.8. The van der Waals surface area contributed by atoms with Crippen molar-refractivity contribution in [2.45, 2.75) is 13.5 Å². The van der Waals surface area contributed by atoms with E-state index in [4.69, 9.17) is 9.05 Å². The molecule has 8 heteroatoms. The molecule has 1 aromatic carbocycles. The molecule has 1 aliphatic heterocycles. The van der Waals surface area contributed by atoms with Gasteiger partial charge in [-0.1, -0.05) is 23.4 Å². The van der Waals surface area contributed by atoms with Crippen LogP contribution in [0.4, 0.5) is 5.95 Å². The van der Waals surface area contributed by atoms with E-state index in [-0.39, 0.29) is 0 Å². The summed E-state index contributed by atoms with van der Waals surface area (Å²) in [6.45, 7) is 5.96. The van der Waals surface area contributed by atoms with Gasteiger partial charge in [0, 0.05) is 38.7 Å². The highest BCUT2D eigenvalue weighted by molar-refractivity contribution is 5.54. The van der Waals surface area contributed by atoms with Gasteiger partial charge in [0.15, 0.2) is 5.82 Å². The second kappa shape index (κ2) is 6.40. The number of aryl methyl sites for hydroxylation is 1. The van der Waals surface area contributed by atoms with Gasteiger partial charge in [0.1, 0.15) is 0 Å². The predicted octanol–water partition coefficient (Wildman–Crippen LogP) is 1.75. The summed E-state index contributed by atoms with van der Waals surface area (Å²) < 4.78 is 10.4. The van der Waals surface area contributed by atoms with Crippen LogP contribution in [0.5, 0.6) is 0 Å². The molecule has 124 valence electrons. The molecule has 0 unspecified atom stereocenters. The van der Waals surface area contributed by atoms with E-state index in [2.05, 4.69) is 30.1 Å². The molecule has 1 fully saturated rings. The van der Waals surface area contributed by atoms with Crippen molar-refractivity contribution >= 4 is 5.95 Å². The first-order chi connectivity index (χ1) is 11.8. The van der Waals surface area contributed by atoms with Crippen molar-refractivity contribution in [1.82, 2.24) is 25.2 Å². The summed E-state index contributed by atoms with van der Waals surface area (Å²) in [4.78, 5) is 13.2. The van der Waals surface area contributed by atoms with Crippen LogP contribution in [0.3, 0.4) is 0 Å². The topological polar surface area (TPSA) is 84.3 Å². The van der Waals surface area contributed by atoms with E-state index in [0.29, 0.717) is 24.3 Å². The number of aromatic nitrogens is 4. The van der Waals surface area contributed by atoms with Crippen molar-refractivity contribution in [3.8, 4) is 11.5 Å². The summed E-state index contributed by atoms with van der Waals surface area (Å²) in [7, 11) is 0. The van der Waals surface area contributed by atoms with Gasteiger partial charge in [-0.2, -0.15) is 9.97 Å². The van der Waals surface area contributed by atoms with Gasteiger partial charge in [-0.25, -0.2) is 0 Å². The Morgan fingerprint density at radius 1 is 0.958 bits per heavy atom. The quantitative estimate of drug-likeness (QED) is 0.717. The Hall–Kier alpha value is -2.74. The first-order valence-corrected chi connectivity index (χ1v) is 7.93. The molecule has 0 aliphatic carbocycles. The van der Waals surface area contributed by atoms with Crippen LogP contribution in [-0.4, -0.2) is 51.4 Å². The highest BCUT2D eigenvalue weighted by Crippen LogP contribution is 2.20. The largest absolute Gasteiger partial charge is 0.340 e. The van der Waals surface area contributed by atoms with Crippen molar-refractivity contribution in [3.05, 3.63) is 42.0 Å². The standard InChI is InChI=1S/C16H18N6O2/c1-12-17-14(19-23-12)11-21-7-9-22(10-8-21)16-18-15(24-20-16)13-5-3-2-4-6-13/h2-6H,7-11H2,1H3. The number of benzene rings is 1. The van der Waals surface area contributed by atoms with Gasteiger partial charge in [0.25, 0.3) is 11.8 Å². The summed E-state index contributed by atoms with van der Waals surface area (Å²) in [5.41, 5.74) is 0.933. The normalized spacial score (nSPS) is 15.8. The molecule has 1 aliphatic rings. The number of piperazine rings is 1. The Kier molecular flexibility index (Phi) is 3.96. The molecule has 0 spiro atoms. The fourth-order valence-electron chi connectivity index (χ4n) is 2.75. The van der Waals surface area contributed by atoms with Gasteiger partial charge in [-0.05, 0) is 17.3 Å². The van der Waals surface area contributed by atoms with Gasteiger partial charge in [-0.3, -0.25) is 4.90 Å². The van der Waals surface area contributed by atoms with Crippen LogP contribution < -0.4 is 4.90 Å². The molecular weight excluding hydrogens is 308 g/mol. The average molecular weight is 326 g/mol. The molecule has 3 heterocycles. The molecule has 8 nitrogen and oxygen atoms in total. The molecule has 0 saturated carbocycles. The molecule has 0 atom stereocenters. The molecule has 0 amide bonds. The van der Waals surface area contributed by atoms with Crippen molar-refractivity contribution in [2.24, 2.45) is 0 Å². The lowest BCUT2D eigenvalue weighted by Gasteiger charge is -2.32. The molecule has 0 N–H and O–H groups in total. The van der Waals surface area contributed by atoms with E-state index in [0.717, 1.165) is 37.6 Å². The van der Waals surface area contributed by atoms with E-state index in [1.165, 1.54) is 0 Å². The number of hydrogen-bond acceptors (Lipinski definition) is 8. The van der Waals surface area contributed by atoms with Crippen molar-refractivity contribution < 1.29 is 9.05 Å². The van der Waals surface area contributed by atoms with Crippen LogP contribution in [0, 0.1) is 6.92 Å². The fraction of sp³-hybridized carbons (Fsp3) is 0.375. The minimum atomic E-state index is 0.551. The lowest BCUT2D eigenvalue weighted by atomic mass is 10.2. The monoisotopic (exact) mass is 326 g/mol. The Labute approximate surface area is 139 Å². The van der Waals surface area contributed by atoms with E-state index in [1.54, 1.807) is 6.92 Å². The molecule has 0 bridgehead atoms. The Bertz CT molecular complexity index is 792. The summed E-state index contributed by atoms with van der Waals surface area (Å²) in [6.07, 6.45) is 0. The lowest BCUT2D eigenvalue weighted by molar-refractivity contribution is 0.238. The number of anilines is 1. The zero-order chi connectivity index (χ0) is 16.4. The molecular formula is C16H18N6O2. The molecule has 3 aromatic rings. The zero-order valence-corrected chi connectivity index (χ0v) is 13.4. The maximum absolute atomic E-state index is 5.38. The van der Waals surface area contributed by atoms with Crippen LogP contribution in [-0.2, 0) is 6.54 Å². The third-order valence-corrected chi connectivity index (χ3v) is 4.03. The lowest BCUT2D eigenvalue weighted by Crippen LogP contribution is -2.46. The second-order valence-corrected chi connectivity index (χ2v) is 5.76. The van der Waals surface area contributed by atoms with Crippen LogP contribution in [0.1, 0.15) is 11.7 Å². The van der Waals surface area contributed by atoms with Crippen molar-refractivity contribution in [2.75, 3.05) is 31.1 Å². The third kappa shape index (κ3) is 3.13. The minimum absolute atomic E-state index is 0.551. The van der Waals surface area contributed by atoms with Crippen LogP contribution in [0.15, 0.2) is 39.4 Å². The molecule has 4 rings (SSSR count). The van der Waals surface area contributed by atoms with E-state index in [9.17, 15) is 0 Å². The van der Waals surface area contributed by atoms with E-state index in [1.807, 2.05) is 30.3 Å². The average Bonchev–Trinajstić information content (AvgIpc) is 3.26. The van der Waals surface area contributed by atoms with Crippen LogP contribution in [0.25, 0.3) is 11.5 Å². The highest BCUT2D eigenvalue weighted by Gasteiger charge is 2.22. The number of rotatable bonds is 4. The van der Waals surface area contributed by atoms with Gasteiger partial charge in [-0.15, -0.1) is 0 Å². The van der Waals surface area contributed by atoms with Crippen LogP contribution >= 0.6 is 0 Å². The molecule has 24 heavy (non-hydrogen) atoms. The number of hydrogen-bond donors (Lipinski definition) is 0. The Morgan fingerprint density at radius 2 is 1.75 bits per heavy atom. The van der Waals surface area contributed by atoms with Gasteiger partial charge in [0.05, 0.1) is 6.54 Å². The van der Waals surface area contributed by atoms with Gasteiger partial charge < -0.3 is 13.9 Å². The van der Waals surface area contributed by atoms with E-state index >= 15 is 0 Å². The molecule has 0 radical (unpaired) electrons. The molecule has 1 saturated heterocycles. The minimum Gasteiger partial charge on any atom is -0.340 e. The highest BCUT2D eigenvalue weighted by atomic mass is 16.5. The predicted molar refractivity (Wildman–Crippen MR) is 86.3 cm³/mol. The fourth-order valence-corrected chi connectivity index (χ4v) is 2.75. The third-order valence-electron chi connectivity index (χ3n) is 4.03. The summed E-state index contributed by atoms with van der Waals surface area (Å²) in [5.74, 6) is 2.52.